The molecule has 1 aromatic carbocycles. The first-order valence-corrected chi connectivity index (χ1v) is 10.4. The van der Waals surface area contributed by atoms with Crippen LogP contribution in [-0.4, -0.2) is 62.2 Å². The Morgan fingerprint density at radius 2 is 1.72 bits per heavy atom. The molecular weight excluding hydrogens is 376 g/mol. The fraction of sp³-hybridized carbons (Fsp3) is 0.619. The first-order valence-electron chi connectivity index (χ1n) is 10.4. The summed E-state index contributed by atoms with van der Waals surface area (Å²) in [5.41, 5.74) is 0. The Morgan fingerprint density at radius 3 is 2.52 bits per heavy atom. The van der Waals surface area contributed by atoms with Crippen molar-refractivity contribution in [3.8, 4) is 5.75 Å². The van der Waals surface area contributed by atoms with Gasteiger partial charge in [-0.25, -0.2) is 4.79 Å². The normalized spacial score (nSPS) is 29.1. The Labute approximate surface area is 170 Å². The van der Waals surface area contributed by atoms with Gasteiger partial charge in [0.2, 0.25) is 0 Å². The lowest BCUT2D eigenvalue weighted by Gasteiger charge is -2.24. The third-order valence-corrected chi connectivity index (χ3v) is 5.65. The maximum Gasteiger partial charge on any atom is 0.407 e. The molecule has 0 spiro atoms. The van der Waals surface area contributed by atoms with Crippen molar-refractivity contribution in [2.24, 2.45) is 0 Å². The summed E-state index contributed by atoms with van der Waals surface area (Å²) in [6.07, 6.45) is 3.92. The van der Waals surface area contributed by atoms with Gasteiger partial charge in [0.05, 0.1) is 19.3 Å². The molecule has 8 nitrogen and oxygen atoms in total. The molecule has 29 heavy (non-hydrogen) atoms. The van der Waals surface area contributed by atoms with Crippen molar-refractivity contribution in [2.75, 3.05) is 19.8 Å². The number of carbonyl (C=O) groups excluding carboxylic acids is 2. The molecule has 0 aromatic heterocycles. The van der Waals surface area contributed by atoms with Crippen LogP contribution in [0.4, 0.5) is 4.79 Å². The molecule has 1 aliphatic carbocycles. The zero-order chi connectivity index (χ0) is 20.1. The second-order valence-electron chi connectivity index (χ2n) is 7.79. The van der Waals surface area contributed by atoms with E-state index < -0.39 is 12.2 Å². The third-order valence-electron chi connectivity index (χ3n) is 5.65. The smallest absolute Gasteiger partial charge is 0.407 e. The Bertz CT molecular complexity index is 694. The van der Waals surface area contributed by atoms with Crippen LogP contribution in [0.2, 0.25) is 0 Å². The van der Waals surface area contributed by atoms with Gasteiger partial charge in [0.1, 0.15) is 18.0 Å². The number of amides is 2. The van der Waals surface area contributed by atoms with Crippen molar-refractivity contribution in [3.05, 3.63) is 30.3 Å². The molecule has 2 aliphatic heterocycles. The molecule has 1 aromatic rings. The Morgan fingerprint density at radius 1 is 0.966 bits per heavy atom. The van der Waals surface area contributed by atoms with Gasteiger partial charge in [-0.15, -0.1) is 0 Å². The summed E-state index contributed by atoms with van der Waals surface area (Å²) in [5, 5.41) is 5.83. The summed E-state index contributed by atoms with van der Waals surface area (Å²) < 4.78 is 22.6. The molecule has 3 aliphatic rings. The highest BCUT2D eigenvalue weighted by Gasteiger charge is 2.50. The molecule has 2 amide bonds. The van der Waals surface area contributed by atoms with E-state index in [0.29, 0.717) is 12.4 Å². The SMILES string of the molecule is O=C(COc1ccccc1)N[C@@H]1CO[C@@H]2[C@@H]1OC[C@H]2OC(=O)NC1CCCCC1. The van der Waals surface area contributed by atoms with Crippen molar-refractivity contribution in [3.63, 3.8) is 0 Å². The fourth-order valence-corrected chi connectivity index (χ4v) is 4.19. The highest BCUT2D eigenvalue weighted by atomic mass is 16.6. The van der Waals surface area contributed by atoms with Crippen LogP contribution in [0.3, 0.4) is 0 Å². The average molecular weight is 404 g/mol. The standard InChI is InChI=1S/C21H28N2O6/c24-18(13-26-15-9-5-2-6-10-15)23-16-11-27-20-17(12-28-19(16)20)29-21(25)22-14-7-3-1-4-8-14/h2,5-6,9-10,14,16-17,19-20H,1,3-4,7-8,11-13H2,(H,22,25)(H,23,24)/t16-,17-,19-,20+/m1/s1. The number of carbonyl (C=O) groups is 2. The van der Waals surface area contributed by atoms with Crippen molar-refractivity contribution >= 4 is 12.0 Å². The number of nitrogens with one attached hydrogen (secondary N) is 2. The number of para-hydroxylation sites is 1. The van der Waals surface area contributed by atoms with Gasteiger partial charge in [0.15, 0.2) is 12.7 Å². The van der Waals surface area contributed by atoms with Crippen LogP contribution < -0.4 is 15.4 Å². The van der Waals surface area contributed by atoms with E-state index >= 15 is 0 Å². The largest absolute Gasteiger partial charge is 0.484 e. The first kappa shape index (κ1) is 20.0. The van der Waals surface area contributed by atoms with E-state index in [4.69, 9.17) is 18.9 Å². The molecule has 158 valence electrons. The quantitative estimate of drug-likeness (QED) is 0.751. The van der Waals surface area contributed by atoms with Gasteiger partial charge in [-0.05, 0) is 25.0 Å². The average Bonchev–Trinajstić information content (AvgIpc) is 3.31. The van der Waals surface area contributed by atoms with Gasteiger partial charge in [0, 0.05) is 6.04 Å². The monoisotopic (exact) mass is 404 g/mol. The lowest BCUT2D eigenvalue weighted by molar-refractivity contribution is -0.124. The molecule has 0 bridgehead atoms. The van der Waals surface area contributed by atoms with E-state index in [1.165, 1.54) is 6.42 Å². The molecule has 8 heteroatoms. The van der Waals surface area contributed by atoms with Crippen LogP contribution in [0.25, 0.3) is 0 Å². The van der Waals surface area contributed by atoms with Crippen LogP contribution in [0.5, 0.6) is 5.75 Å². The van der Waals surface area contributed by atoms with Crippen LogP contribution in [0.15, 0.2) is 30.3 Å². The predicted octanol–water partition coefficient (Wildman–Crippen LogP) is 1.78. The maximum atomic E-state index is 12.2. The van der Waals surface area contributed by atoms with Gasteiger partial charge < -0.3 is 29.6 Å². The summed E-state index contributed by atoms with van der Waals surface area (Å²) in [6, 6.07) is 9.07. The van der Waals surface area contributed by atoms with Gasteiger partial charge in [-0.1, -0.05) is 37.5 Å². The zero-order valence-corrected chi connectivity index (χ0v) is 16.4. The number of hydrogen-bond acceptors (Lipinski definition) is 6. The molecule has 3 fully saturated rings. The molecule has 2 heterocycles. The van der Waals surface area contributed by atoms with Crippen molar-refractivity contribution in [2.45, 2.75) is 62.5 Å². The minimum atomic E-state index is -0.467. The lowest BCUT2D eigenvalue weighted by atomic mass is 9.96. The molecule has 2 N–H and O–H groups in total. The first-order chi connectivity index (χ1) is 14.2. The van der Waals surface area contributed by atoms with Crippen LogP contribution in [0.1, 0.15) is 32.1 Å². The van der Waals surface area contributed by atoms with Gasteiger partial charge in [0.25, 0.3) is 5.91 Å². The Hall–Kier alpha value is -2.32. The highest BCUT2D eigenvalue weighted by Crippen LogP contribution is 2.29. The van der Waals surface area contributed by atoms with Gasteiger partial charge in [-0.2, -0.15) is 0 Å². The Balaban J connectivity index is 1.21. The van der Waals surface area contributed by atoms with Crippen molar-refractivity contribution in [1.82, 2.24) is 10.6 Å². The topological polar surface area (TPSA) is 95.1 Å². The number of alkyl carbamates (subject to hydrolysis) is 1. The van der Waals surface area contributed by atoms with Gasteiger partial charge >= 0.3 is 6.09 Å². The molecule has 0 unspecified atom stereocenters. The summed E-state index contributed by atoms with van der Waals surface area (Å²) in [7, 11) is 0. The van der Waals surface area contributed by atoms with Gasteiger partial charge in [-0.3, -0.25) is 4.79 Å². The van der Waals surface area contributed by atoms with Crippen LogP contribution >= 0.6 is 0 Å². The fourth-order valence-electron chi connectivity index (χ4n) is 4.19. The minimum Gasteiger partial charge on any atom is -0.484 e. The second kappa shape index (κ2) is 9.45. The molecule has 0 radical (unpaired) electrons. The number of ether oxygens (including phenoxy) is 4. The predicted molar refractivity (Wildman–Crippen MR) is 104 cm³/mol. The maximum absolute atomic E-state index is 12.2. The van der Waals surface area contributed by atoms with E-state index in [-0.39, 0.29) is 43.4 Å². The highest BCUT2D eigenvalue weighted by molar-refractivity contribution is 5.78. The molecule has 4 atom stereocenters. The molecule has 2 saturated heterocycles. The molecule has 1 saturated carbocycles. The van der Waals surface area contributed by atoms with Crippen molar-refractivity contribution in [1.29, 1.82) is 0 Å². The number of benzene rings is 1. The second-order valence-corrected chi connectivity index (χ2v) is 7.79. The van der Waals surface area contributed by atoms with E-state index in [0.717, 1.165) is 25.7 Å². The summed E-state index contributed by atoms with van der Waals surface area (Å²) >= 11 is 0. The third kappa shape index (κ3) is 5.19. The van der Waals surface area contributed by atoms with E-state index in [1.807, 2.05) is 18.2 Å². The van der Waals surface area contributed by atoms with Crippen LogP contribution in [-0.2, 0) is 19.0 Å². The summed E-state index contributed by atoms with van der Waals surface area (Å²) in [4.78, 5) is 24.4. The minimum absolute atomic E-state index is 0.0817. The number of hydrogen-bond donors (Lipinski definition) is 2. The van der Waals surface area contributed by atoms with Crippen molar-refractivity contribution < 1.29 is 28.5 Å². The molecular formula is C21H28N2O6. The zero-order valence-electron chi connectivity index (χ0n) is 16.4. The molecule has 4 rings (SSSR count). The van der Waals surface area contributed by atoms with Crippen LogP contribution in [0, 0.1) is 0 Å². The van der Waals surface area contributed by atoms with E-state index in [2.05, 4.69) is 10.6 Å². The van der Waals surface area contributed by atoms with E-state index in [9.17, 15) is 9.59 Å². The summed E-state index contributed by atoms with van der Waals surface area (Å²) in [6.45, 7) is 0.498. The lowest BCUT2D eigenvalue weighted by Crippen LogP contribution is -2.46. The summed E-state index contributed by atoms with van der Waals surface area (Å²) in [5.74, 6) is 0.392. The number of rotatable bonds is 6. The number of fused-ring (bicyclic) bond motifs is 1. The van der Waals surface area contributed by atoms with E-state index in [1.54, 1.807) is 12.1 Å². The Kier molecular flexibility index (Phi) is 6.51.